The highest BCUT2D eigenvalue weighted by Gasteiger charge is 2.23. The number of hydrogen-bond donors (Lipinski definition) is 1. The van der Waals surface area contributed by atoms with E-state index in [9.17, 15) is 4.79 Å². The van der Waals surface area contributed by atoms with Gasteiger partial charge in [0, 0.05) is 38.8 Å². The number of amides is 1. The first-order chi connectivity index (χ1) is 15.6. The number of nitrogens with one attached hydrogen (secondary N) is 1. The van der Waals surface area contributed by atoms with Gasteiger partial charge in [-0.2, -0.15) is 5.10 Å². The van der Waals surface area contributed by atoms with Crippen molar-refractivity contribution in [3.63, 3.8) is 0 Å². The molecule has 1 aromatic heterocycles. The third kappa shape index (κ3) is 5.24. The van der Waals surface area contributed by atoms with E-state index in [0.29, 0.717) is 12.6 Å². The van der Waals surface area contributed by atoms with Gasteiger partial charge in [0.2, 0.25) is 5.91 Å². The predicted octanol–water partition coefficient (Wildman–Crippen LogP) is 3.08. The molecule has 0 spiro atoms. The second-order valence-electron chi connectivity index (χ2n) is 8.83. The topological polar surface area (TPSA) is 71.9 Å². The number of methoxy groups -OCH3 is 2. The summed E-state index contributed by atoms with van der Waals surface area (Å²) in [5.74, 6) is 2.39. The summed E-state index contributed by atoms with van der Waals surface area (Å²) >= 11 is 0. The summed E-state index contributed by atoms with van der Waals surface area (Å²) in [5, 5.41) is 7.52. The highest BCUT2D eigenvalue weighted by molar-refractivity contribution is 5.91. The van der Waals surface area contributed by atoms with E-state index in [4.69, 9.17) is 9.47 Å². The SMILES string of the molecule is COc1cc(C)c(CN2CCN(CC(=O)Nc3ccnn3C3CCCC3)CC2)cc1OC. The summed E-state index contributed by atoms with van der Waals surface area (Å²) in [6, 6.07) is 6.43. The number of carbonyl (C=O) groups is 1. The molecule has 0 atom stereocenters. The van der Waals surface area contributed by atoms with Gasteiger partial charge in [-0.1, -0.05) is 12.8 Å². The zero-order valence-electron chi connectivity index (χ0n) is 19.5. The van der Waals surface area contributed by atoms with Crippen LogP contribution >= 0.6 is 0 Å². The Bertz CT molecular complexity index is 914. The molecule has 4 rings (SSSR count). The van der Waals surface area contributed by atoms with Crippen LogP contribution in [0, 0.1) is 6.92 Å². The molecule has 174 valence electrons. The van der Waals surface area contributed by atoms with E-state index in [1.807, 2.05) is 16.8 Å². The standard InChI is InChI=1S/C24H35N5O3/c1-18-14-21(31-2)22(32-3)15-19(18)16-27-10-12-28(13-11-27)17-24(30)26-23-8-9-25-29(23)20-6-4-5-7-20/h8-9,14-15,20H,4-7,10-13,16-17H2,1-3H3,(H,26,30). The van der Waals surface area contributed by atoms with Crippen LogP contribution in [0.2, 0.25) is 0 Å². The van der Waals surface area contributed by atoms with Crippen LogP contribution < -0.4 is 14.8 Å². The van der Waals surface area contributed by atoms with Crippen molar-refractivity contribution in [2.45, 2.75) is 45.2 Å². The summed E-state index contributed by atoms with van der Waals surface area (Å²) in [7, 11) is 3.33. The van der Waals surface area contributed by atoms with Crippen LogP contribution in [0.4, 0.5) is 5.82 Å². The molecule has 1 aliphatic heterocycles. The second kappa shape index (κ2) is 10.4. The quantitative estimate of drug-likeness (QED) is 0.679. The molecule has 32 heavy (non-hydrogen) atoms. The average Bonchev–Trinajstić information content (AvgIpc) is 3.48. The minimum atomic E-state index is 0.0360. The maximum absolute atomic E-state index is 12.7. The Morgan fingerprint density at radius 1 is 1.06 bits per heavy atom. The lowest BCUT2D eigenvalue weighted by atomic mass is 10.1. The molecule has 0 bridgehead atoms. The molecule has 1 saturated carbocycles. The molecule has 8 heteroatoms. The van der Waals surface area contributed by atoms with E-state index in [-0.39, 0.29) is 5.91 Å². The van der Waals surface area contributed by atoms with Gasteiger partial charge in [0.15, 0.2) is 11.5 Å². The van der Waals surface area contributed by atoms with Crippen molar-refractivity contribution in [1.82, 2.24) is 19.6 Å². The molecule has 1 N–H and O–H groups in total. The summed E-state index contributed by atoms with van der Waals surface area (Å²) in [5.41, 5.74) is 2.44. The van der Waals surface area contributed by atoms with Crippen LogP contribution in [-0.2, 0) is 11.3 Å². The molecule has 1 amide bonds. The van der Waals surface area contributed by atoms with Crippen LogP contribution in [0.5, 0.6) is 11.5 Å². The number of carbonyl (C=O) groups excluding carboxylic acids is 1. The fraction of sp³-hybridized carbons (Fsp3) is 0.583. The summed E-state index contributed by atoms with van der Waals surface area (Å²) in [6.07, 6.45) is 6.55. The van der Waals surface area contributed by atoms with Gasteiger partial charge < -0.3 is 14.8 Å². The lowest BCUT2D eigenvalue weighted by molar-refractivity contribution is -0.117. The number of piperazine rings is 1. The molecular weight excluding hydrogens is 406 g/mol. The Kier molecular flexibility index (Phi) is 7.32. The average molecular weight is 442 g/mol. The monoisotopic (exact) mass is 441 g/mol. The van der Waals surface area contributed by atoms with Gasteiger partial charge in [-0.25, -0.2) is 4.68 Å². The normalized spacial score (nSPS) is 18.1. The zero-order chi connectivity index (χ0) is 22.5. The highest BCUT2D eigenvalue weighted by atomic mass is 16.5. The Hall–Kier alpha value is -2.58. The van der Waals surface area contributed by atoms with Crippen LogP contribution in [0.15, 0.2) is 24.4 Å². The van der Waals surface area contributed by atoms with Crippen LogP contribution in [-0.4, -0.2) is 72.4 Å². The lowest BCUT2D eigenvalue weighted by Crippen LogP contribution is -2.48. The first-order valence-corrected chi connectivity index (χ1v) is 11.6. The highest BCUT2D eigenvalue weighted by Crippen LogP contribution is 2.32. The van der Waals surface area contributed by atoms with Gasteiger partial charge in [-0.3, -0.25) is 14.6 Å². The maximum atomic E-state index is 12.7. The molecule has 1 aliphatic carbocycles. The third-order valence-electron chi connectivity index (χ3n) is 6.68. The smallest absolute Gasteiger partial charge is 0.239 e. The van der Waals surface area contributed by atoms with Gasteiger partial charge >= 0.3 is 0 Å². The summed E-state index contributed by atoms with van der Waals surface area (Å²) in [6.45, 7) is 7.01. The number of nitrogens with zero attached hydrogens (tertiary/aromatic N) is 4. The minimum absolute atomic E-state index is 0.0360. The predicted molar refractivity (Wildman–Crippen MR) is 124 cm³/mol. The van der Waals surface area contributed by atoms with Crippen molar-refractivity contribution >= 4 is 11.7 Å². The van der Waals surface area contributed by atoms with Gasteiger partial charge in [0.25, 0.3) is 0 Å². The van der Waals surface area contributed by atoms with Crippen molar-refractivity contribution in [3.05, 3.63) is 35.5 Å². The second-order valence-corrected chi connectivity index (χ2v) is 8.83. The van der Waals surface area contributed by atoms with Crippen LogP contribution in [0.25, 0.3) is 0 Å². The Balaban J connectivity index is 1.26. The number of ether oxygens (including phenoxy) is 2. The first-order valence-electron chi connectivity index (χ1n) is 11.6. The van der Waals surface area contributed by atoms with Gasteiger partial charge in [-0.15, -0.1) is 0 Å². The molecule has 2 fully saturated rings. The Labute approximate surface area is 190 Å². The molecule has 2 aromatic rings. The molecular formula is C24H35N5O3. The van der Waals surface area contributed by atoms with E-state index >= 15 is 0 Å². The Morgan fingerprint density at radius 2 is 1.72 bits per heavy atom. The van der Waals surface area contributed by atoms with Crippen molar-refractivity contribution in [3.8, 4) is 11.5 Å². The molecule has 2 heterocycles. The number of rotatable bonds is 8. The number of hydrogen-bond acceptors (Lipinski definition) is 6. The fourth-order valence-corrected chi connectivity index (χ4v) is 4.78. The number of anilines is 1. The number of aryl methyl sites for hydroxylation is 1. The van der Waals surface area contributed by atoms with E-state index in [2.05, 4.69) is 33.2 Å². The molecule has 1 aromatic carbocycles. The van der Waals surface area contributed by atoms with Crippen LogP contribution in [0.3, 0.4) is 0 Å². The van der Waals surface area contributed by atoms with Crippen molar-refractivity contribution in [2.75, 3.05) is 52.3 Å². The minimum Gasteiger partial charge on any atom is -0.493 e. The molecule has 2 aliphatic rings. The largest absolute Gasteiger partial charge is 0.493 e. The van der Waals surface area contributed by atoms with Crippen LogP contribution in [0.1, 0.15) is 42.9 Å². The van der Waals surface area contributed by atoms with E-state index < -0.39 is 0 Å². The maximum Gasteiger partial charge on any atom is 0.239 e. The third-order valence-corrected chi connectivity index (χ3v) is 6.68. The van der Waals surface area contributed by atoms with Gasteiger partial charge in [0.1, 0.15) is 5.82 Å². The summed E-state index contributed by atoms with van der Waals surface area (Å²) in [4.78, 5) is 17.3. The van der Waals surface area contributed by atoms with Gasteiger partial charge in [0.05, 0.1) is 33.0 Å². The first kappa shape index (κ1) is 22.6. The lowest BCUT2D eigenvalue weighted by Gasteiger charge is -2.34. The van der Waals surface area contributed by atoms with Gasteiger partial charge in [-0.05, 0) is 43.0 Å². The molecule has 1 saturated heterocycles. The molecule has 0 unspecified atom stereocenters. The van der Waals surface area contributed by atoms with Crippen molar-refractivity contribution in [1.29, 1.82) is 0 Å². The van der Waals surface area contributed by atoms with Crippen molar-refractivity contribution in [2.24, 2.45) is 0 Å². The number of benzene rings is 1. The Morgan fingerprint density at radius 3 is 2.41 bits per heavy atom. The zero-order valence-corrected chi connectivity index (χ0v) is 19.5. The van der Waals surface area contributed by atoms with E-state index in [1.165, 1.54) is 24.0 Å². The van der Waals surface area contributed by atoms with E-state index in [0.717, 1.165) is 62.9 Å². The summed E-state index contributed by atoms with van der Waals surface area (Å²) < 4.78 is 12.9. The van der Waals surface area contributed by atoms with E-state index in [1.54, 1.807) is 20.4 Å². The number of aromatic nitrogens is 2. The molecule has 8 nitrogen and oxygen atoms in total. The fourth-order valence-electron chi connectivity index (χ4n) is 4.78. The van der Waals surface area contributed by atoms with Crippen molar-refractivity contribution < 1.29 is 14.3 Å². The molecule has 0 radical (unpaired) electrons.